The van der Waals surface area contributed by atoms with Crippen molar-refractivity contribution in [2.24, 2.45) is 0 Å². The second-order valence-electron chi connectivity index (χ2n) is 8.32. The number of rotatable bonds is 7. The van der Waals surface area contributed by atoms with Crippen molar-refractivity contribution in [3.63, 3.8) is 0 Å². The fourth-order valence-corrected chi connectivity index (χ4v) is 3.28. The Bertz CT molecular complexity index is 1010. The average Bonchev–Trinajstić information content (AvgIpc) is 3.03. The highest BCUT2D eigenvalue weighted by molar-refractivity contribution is 5.68. The van der Waals surface area contributed by atoms with Gasteiger partial charge in [0.25, 0.3) is 0 Å². The smallest absolute Gasteiger partial charge is 0.315 e. The molecule has 2 aromatic carbocycles. The molecule has 30 heavy (non-hydrogen) atoms. The number of phenolic OH excluding ortho intramolecular Hbond substituents is 2. The summed E-state index contributed by atoms with van der Waals surface area (Å²) in [5.41, 5.74) is 3.29. The van der Waals surface area contributed by atoms with Crippen LogP contribution in [-0.4, -0.2) is 48.1 Å². The molecule has 0 unspecified atom stereocenters. The molecule has 0 aliphatic carbocycles. The van der Waals surface area contributed by atoms with Gasteiger partial charge < -0.3 is 15.3 Å². The first-order valence-corrected chi connectivity index (χ1v) is 10.1. The van der Waals surface area contributed by atoms with Gasteiger partial charge in [0.2, 0.25) is 0 Å². The number of phenols is 2. The summed E-state index contributed by atoms with van der Waals surface area (Å²) in [7, 11) is 2.09. The molecule has 7 heteroatoms. The molecular formula is C23H30N4O3. The van der Waals surface area contributed by atoms with Gasteiger partial charge in [0.15, 0.2) is 5.82 Å². The van der Waals surface area contributed by atoms with E-state index in [1.807, 2.05) is 26.0 Å². The summed E-state index contributed by atoms with van der Waals surface area (Å²) in [4.78, 5) is 2.26. The topological polar surface area (TPSA) is 94.6 Å². The standard InChI is InChI=1S/C23H30N4O3/c1-14(2)18-10-19(21(29)11-20(18)28)22-24-25-23(30)27(22)13-17-8-6-16(7-9-17)12-26(5)15(3)4/h6-11,14-15,28-29H,12-13H2,1-5H3,(H,25,30). The molecule has 0 fully saturated rings. The van der Waals surface area contributed by atoms with Gasteiger partial charge in [-0.1, -0.05) is 43.2 Å². The maximum atomic E-state index is 10.4. The normalized spacial score (nSPS) is 11.7. The fourth-order valence-electron chi connectivity index (χ4n) is 3.28. The fraction of sp³-hybridized carbons (Fsp3) is 0.391. The van der Waals surface area contributed by atoms with Crippen LogP contribution in [0.5, 0.6) is 17.5 Å². The molecule has 3 rings (SSSR count). The third kappa shape index (κ3) is 4.57. The predicted molar refractivity (Wildman–Crippen MR) is 117 cm³/mol. The molecule has 1 heterocycles. The Hall–Kier alpha value is -3.06. The first kappa shape index (κ1) is 21.6. The van der Waals surface area contributed by atoms with Gasteiger partial charge in [0.1, 0.15) is 11.5 Å². The van der Waals surface area contributed by atoms with E-state index in [9.17, 15) is 15.3 Å². The summed E-state index contributed by atoms with van der Waals surface area (Å²) in [6.45, 7) is 9.45. The van der Waals surface area contributed by atoms with Crippen molar-refractivity contribution in [3.05, 3.63) is 53.1 Å². The number of hydrogen-bond donors (Lipinski definition) is 3. The van der Waals surface area contributed by atoms with E-state index in [2.05, 4.69) is 48.1 Å². The number of hydrogen-bond acceptors (Lipinski definition) is 6. The van der Waals surface area contributed by atoms with E-state index in [0.717, 1.165) is 12.1 Å². The van der Waals surface area contributed by atoms with Gasteiger partial charge in [-0.05, 0) is 49.6 Å². The summed E-state index contributed by atoms with van der Waals surface area (Å²) >= 11 is 0. The van der Waals surface area contributed by atoms with Gasteiger partial charge in [0.05, 0.1) is 12.1 Å². The van der Waals surface area contributed by atoms with Crippen LogP contribution in [0.4, 0.5) is 0 Å². The van der Waals surface area contributed by atoms with Crippen molar-refractivity contribution in [1.29, 1.82) is 0 Å². The van der Waals surface area contributed by atoms with Gasteiger partial charge in [-0.2, -0.15) is 0 Å². The van der Waals surface area contributed by atoms with E-state index in [1.165, 1.54) is 11.6 Å². The minimum absolute atomic E-state index is 0.0310. The highest BCUT2D eigenvalue weighted by Crippen LogP contribution is 2.38. The van der Waals surface area contributed by atoms with Gasteiger partial charge >= 0.3 is 6.01 Å². The Morgan fingerprint density at radius 2 is 1.53 bits per heavy atom. The summed E-state index contributed by atoms with van der Waals surface area (Å²) < 4.78 is 1.55. The molecular weight excluding hydrogens is 380 g/mol. The first-order valence-electron chi connectivity index (χ1n) is 10.1. The zero-order valence-corrected chi connectivity index (χ0v) is 18.2. The molecule has 0 saturated carbocycles. The molecule has 7 nitrogen and oxygen atoms in total. The largest absolute Gasteiger partial charge is 0.508 e. The number of aromatic nitrogens is 3. The second-order valence-corrected chi connectivity index (χ2v) is 8.32. The average molecular weight is 411 g/mol. The van der Waals surface area contributed by atoms with Gasteiger partial charge in [-0.25, -0.2) is 0 Å². The molecule has 1 aromatic heterocycles. The zero-order valence-electron chi connectivity index (χ0n) is 18.2. The Balaban J connectivity index is 1.90. The van der Waals surface area contributed by atoms with Crippen LogP contribution in [0.1, 0.15) is 50.3 Å². The van der Waals surface area contributed by atoms with Gasteiger partial charge in [-0.15, -0.1) is 5.10 Å². The van der Waals surface area contributed by atoms with Crippen molar-refractivity contribution < 1.29 is 15.3 Å². The number of benzene rings is 2. The van der Waals surface area contributed by atoms with Crippen LogP contribution < -0.4 is 0 Å². The zero-order chi connectivity index (χ0) is 22.0. The molecule has 0 saturated heterocycles. The number of nitrogens with zero attached hydrogens (tertiary/aromatic N) is 4. The third-order valence-electron chi connectivity index (χ3n) is 5.42. The van der Waals surface area contributed by atoms with E-state index < -0.39 is 0 Å². The monoisotopic (exact) mass is 410 g/mol. The van der Waals surface area contributed by atoms with E-state index >= 15 is 0 Å². The molecule has 0 aliphatic heterocycles. The Labute approximate surface area is 177 Å². The second kappa shape index (κ2) is 8.75. The Morgan fingerprint density at radius 3 is 2.13 bits per heavy atom. The maximum absolute atomic E-state index is 10.4. The van der Waals surface area contributed by atoms with E-state index in [1.54, 1.807) is 10.6 Å². The lowest BCUT2D eigenvalue weighted by atomic mass is 9.98. The van der Waals surface area contributed by atoms with Crippen LogP contribution in [0.25, 0.3) is 11.4 Å². The highest BCUT2D eigenvalue weighted by Gasteiger charge is 2.20. The minimum atomic E-state index is -0.229. The predicted octanol–water partition coefficient (Wildman–Crippen LogP) is 4.07. The molecule has 0 radical (unpaired) electrons. The lowest BCUT2D eigenvalue weighted by Crippen LogP contribution is -2.25. The van der Waals surface area contributed by atoms with Crippen LogP contribution >= 0.6 is 0 Å². The lowest BCUT2D eigenvalue weighted by molar-refractivity contribution is 0.266. The van der Waals surface area contributed by atoms with Crippen molar-refractivity contribution in [2.75, 3.05) is 7.05 Å². The summed E-state index contributed by atoms with van der Waals surface area (Å²) in [5, 5.41) is 38.6. The van der Waals surface area contributed by atoms with Crippen molar-refractivity contribution >= 4 is 0 Å². The Kier molecular flexibility index (Phi) is 6.31. The summed E-state index contributed by atoms with van der Waals surface area (Å²) in [5.74, 6) is 0.322. The van der Waals surface area contributed by atoms with Crippen molar-refractivity contribution in [3.8, 4) is 28.9 Å². The molecule has 0 atom stereocenters. The first-order chi connectivity index (χ1) is 14.2. The van der Waals surface area contributed by atoms with E-state index in [0.29, 0.717) is 29.5 Å². The van der Waals surface area contributed by atoms with Crippen LogP contribution in [-0.2, 0) is 13.1 Å². The summed E-state index contributed by atoms with van der Waals surface area (Å²) in [6, 6.07) is 11.4. The SMILES string of the molecule is CC(C)c1cc(-c2nnc(O)n2Cc2ccc(CN(C)C(C)C)cc2)c(O)cc1O. The van der Waals surface area contributed by atoms with Crippen LogP contribution in [0.3, 0.4) is 0 Å². The van der Waals surface area contributed by atoms with Crippen LogP contribution in [0, 0.1) is 0 Å². The maximum Gasteiger partial charge on any atom is 0.315 e. The van der Waals surface area contributed by atoms with E-state index in [-0.39, 0.29) is 23.4 Å². The van der Waals surface area contributed by atoms with Crippen LogP contribution in [0.2, 0.25) is 0 Å². The van der Waals surface area contributed by atoms with Crippen molar-refractivity contribution in [1.82, 2.24) is 19.7 Å². The molecule has 3 aromatic rings. The van der Waals surface area contributed by atoms with Gasteiger partial charge in [0, 0.05) is 18.7 Å². The van der Waals surface area contributed by atoms with E-state index in [4.69, 9.17) is 0 Å². The van der Waals surface area contributed by atoms with Crippen molar-refractivity contribution in [2.45, 2.75) is 52.7 Å². The minimum Gasteiger partial charge on any atom is -0.508 e. The molecule has 0 spiro atoms. The molecule has 0 amide bonds. The number of aromatic hydroxyl groups is 3. The molecule has 0 bridgehead atoms. The lowest BCUT2D eigenvalue weighted by Gasteiger charge is -2.21. The Morgan fingerprint density at radius 1 is 0.900 bits per heavy atom. The highest BCUT2D eigenvalue weighted by atomic mass is 16.3. The molecule has 160 valence electrons. The molecule has 3 N–H and O–H groups in total. The van der Waals surface area contributed by atoms with Crippen LogP contribution in [0.15, 0.2) is 36.4 Å². The quantitative estimate of drug-likeness (QED) is 0.543. The third-order valence-corrected chi connectivity index (χ3v) is 5.42. The summed E-state index contributed by atoms with van der Waals surface area (Å²) in [6.07, 6.45) is 0. The molecule has 0 aliphatic rings. The van der Waals surface area contributed by atoms with Gasteiger partial charge in [-0.3, -0.25) is 9.47 Å².